The van der Waals surface area contributed by atoms with Crippen molar-refractivity contribution in [3.63, 3.8) is 0 Å². The molecule has 12 heteroatoms. The summed E-state index contributed by atoms with van der Waals surface area (Å²) in [5.41, 5.74) is 1.54. The molecule has 1 aliphatic heterocycles. The van der Waals surface area contributed by atoms with Gasteiger partial charge in [-0.3, -0.25) is 4.52 Å². The largest absolute Gasteiger partial charge is 0.469 e. The molecule has 30 heavy (non-hydrogen) atoms. The second kappa shape index (κ2) is 8.40. The molecule has 0 bridgehead atoms. The average Bonchev–Trinajstić information content (AvgIpc) is 3.27. The second-order valence-corrected chi connectivity index (χ2v) is 8.09. The number of aromatic nitrogens is 3. The van der Waals surface area contributed by atoms with Gasteiger partial charge in [0.05, 0.1) is 12.0 Å². The van der Waals surface area contributed by atoms with Crippen LogP contribution in [0.3, 0.4) is 0 Å². The zero-order valence-electron chi connectivity index (χ0n) is 15.6. The Bertz CT molecular complexity index is 1060. The van der Waals surface area contributed by atoms with Crippen LogP contribution >= 0.6 is 7.82 Å². The Labute approximate surface area is 171 Å². The van der Waals surface area contributed by atoms with Crippen LogP contribution in [-0.2, 0) is 20.4 Å². The molecular formula is C18H21N4O7P. The number of phosphoric acid groups is 1. The molecule has 1 fully saturated rings. The fourth-order valence-corrected chi connectivity index (χ4v) is 3.71. The van der Waals surface area contributed by atoms with Crippen molar-refractivity contribution in [2.24, 2.45) is 0 Å². The molecule has 4 atom stereocenters. The molecule has 3 heterocycles. The van der Waals surface area contributed by atoms with Crippen LogP contribution in [0.25, 0.3) is 11.0 Å². The van der Waals surface area contributed by atoms with Gasteiger partial charge in [-0.1, -0.05) is 30.3 Å². The van der Waals surface area contributed by atoms with Crippen molar-refractivity contribution in [3.8, 4) is 0 Å². The number of nitrogens with zero attached hydrogens (tertiary/aromatic N) is 3. The van der Waals surface area contributed by atoms with Crippen molar-refractivity contribution in [1.82, 2.24) is 14.5 Å². The molecule has 0 saturated carbocycles. The minimum atomic E-state index is -4.73. The summed E-state index contributed by atoms with van der Waals surface area (Å²) in [6.07, 6.45) is -1.86. The van der Waals surface area contributed by atoms with E-state index >= 15 is 0 Å². The number of aliphatic hydroxyl groups is 2. The smallest absolute Gasteiger partial charge is 0.387 e. The fraction of sp³-hybridized carbons (Fsp3) is 0.333. The van der Waals surface area contributed by atoms with Crippen molar-refractivity contribution in [2.75, 3.05) is 11.9 Å². The molecule has 0 unspecified atom stereocenters. The summed E-state index contributed by atoms with van der Waals surface area (Å²) >= 11 is 0. The molecule has 1 aromatic carbocycles. The Morgan fingerprint density at radius 2 is 1.90 bits per heavy atom. The predicted octanol–water partition coefficient (Wildman–Crippen LogP) is 0.772. The van der Waals surface area contributed by atoms with Crippen LogP contribution in [0.15, 0.2) is 48.9 Å². The molecule has 1 aliphatic rings. The van der Waals surface area contributed by atoms with Gasteiger partial charge in [0.2, 0.25) is 0 Å². The van der Waals surface area contributed by atoms with E-state index in [0.717, 1.165) is 5.56 Å². The number of rotatable bonds is 7. The Morgan fingerprint density at radius 1 is 1.13 bits per heavy atom. The van der Waals surface area contributed by atoms with Crippen molar-refractivity contribution < 1.29 is 33.8 Å². The van der Waals surface area contributed by atoms with Crippen LogP contribution < -0.4 is 5.32 Å². The van der Waals surface area contributed by atoms with Crippen LogP contribution in [0.4, 0.5) is 5.82 Å². The molecule has 3 aromatic rings. The third-order valence-electron chi connectivity index (χ3n) is 4.83. The number of fused-ring (bicyclic) bond motifs is 1. The minimum absolute atomic E-state index is 0.466. The second-order valence-electron chi connectivity index (χ2n) is 6.85. The number of aliphatic hydroxyl groups excluding tert-OH is 2. The molecule has 0 spiro atoms. The third kappa shape index (κ3) is 4.37. The van der Waals surface area contributed by atoms with Crippen molar-refractivity contribution >= 4 is 24.7 Å². The average molecular weight is 436 g/mol. The van der Waals surface area contributed by atoms with Gasteiger partial charge in [0, 0.05) is 12.7 Å². The van der Waals surface area contributed by atoms with E-state index < -0.39 is 39.0 Å². The molecule has 0 amide bonds. The number of nitrogens with one attached hydrogen (secondary N) is 1. The maximum absolute atomic E-state index is 10.9. The first-order valence-electron chi connectivity index (χ1n) is 9.14. The highest BCUT2D eigenvalue weighted by molar-refractivity contribution is 7.46. The highest BCUT2D eigenvalue weighted by atomic mass is 31.2. The summed E-state index contributed by atoms with van der Waals surface area (Å²) in [7, 11) is -4.73. The number of ether oxygens (including phenoxy) is 1. The van der Waals surface area contributed by atoms with Crippen LogP contribution in [-0.4, -0.2) is 59.5 Å². The molecule has 0 aliphatic carbocycles. The molecule has 2 aromatic heterocycles. The maximum Gasteiger partial charge on any atom is 0.469 e. The molecule has 160 valence electrons. The zero-order chi connectivity index (χ0) is 21.3. The lowest BCUT2D eigenvalue weighted by Gasteiger charge is -2.17. The Morgan fingerprint density at radius 3 is 2.63 bits per heavy atom. The maximum atomic E-state index is 10.9. The minimum Gasteiger partial charge on any atom is -0.387 e. The van der Waals surface area contributed by atoms with E-state index in [4.69, 9.17) is 14.5 Å². The van der Waals surface area contributed by atoms with E-state index in [1.54, 1.807) is 12.3 Å². The fourth-order valence-electron chi connectivity index (χ4n) is 3.37. The highest BCUT2D eigenvalue weighted by Crippen LogP contribution is 2.39. The third-order valence-corrected chi connectivity index (χ3v) is 5.32. The van der Waals surface area contributed by atoms with Crippen LogP contribution in [0.2, 0.25) is 0 Å². The van der Waals surface area contributed by atoms with Crippen molar-refractivity contribution in [2.45, 2.75) is 31.1 Å². The zero-order valence-corrected chi connectivity index (χ0v) is 16.5. The summed E-state index contributed by atoms with van der Waals surface area (Å²) in [6.45, 7) is -0.0156. The van der Waals surface area contributed by atoms with Gasteiger partial charge in [0.25, 0.3) is 0 Å². The summed E-state index contributed by atoms with van der Waals surface area (Å²) in [5.74, 6) is 0.594. The van der Waals surface area contributed by atoms with Crippen LogP contribution in [0.1, 0.15) is 11.8 Å². The number of anilines is 1. The normalized spacial score (nSPS) is 24.4. The lowest BCUT2D eigenvalue weighted by atomic mass is 10.1. The van der Waals surface area contributed by atoms with Crippen LogP contribution in [0.5, 0.6) is 0 Å². The molecule has 0 radical (unpaired) electrons. The number of benzene rings is 1. The number of hydrogen-bond acceptors (Lipinski definition) is 8. The topological polar surface area (TPSA) is 159 Å². The summed E-state index contributed by atoms with van der Waals surface area (Å²) < 4.78 is 22.5. The van der Waals surface area contributed by atoms with Gasteiger partial charge in [-0.15, -0.1) is 0 Å². The standard InChI is InChI=1S/C18H21N4O7P/c23-14-13(9-28-30(25,26)27)29-18(15(14)24)22-7-6-12-16(20-10-21-17(12)22)19-8-11-4-2-1-3-5-11/h1-7,10,13-15,18,23-24H,8-9H2,(H,19,20,21)(H2,25,26,27)/t13-,14-,15-,18-/m1/s1. The highest BCUT2D eigenvalue weighted by Gasteiger charge is 2.45. The van der Waals surface area contributed by atoms with Crippen molar-refractivity contribution in [1.29, 1.82) is 0 Å². The quantitative estimate of drug-likeness (QED) is 0.335. The summed E-state index contributed by atoms with van der Waals surface area (Å²) in [5, 5.41) is 24.5. The number of phosphoric ester groups is 1. The Kier molecular flexibility index (Phi) is 5.85. The van der Waals surface area contributed by atoms with E-state index in [9.17, 15) is 14.8 Å². The van der Waals surface area contributed by atoms with Gasteiger partial charge in [-0.25, -0.2) is 14.5 Å². The Balaban J connectivity index is 1.54. The number of hydrogen-bond donors (Lipinski definition) is 5. The van der Waals surface area contributed by atoms with Gasteiger partial charge < -0.3 is 34.6 Å². The van der Waals surface area contributed by atoms with E-state index in [1.165, 1.54) is 10.9 Å². The summed E-state index contributed by atoms with van der Waals surface area (Å²) in [6, 6.07) is 11.6. The van der Waals surface area contributed by atoms with Gasteiger partial charge in [-0.05, 0) is 11.6 Å². The monoisotopic (exact) mass is 436 g/mol. The van der Waals surface area contributed by atoms with Crippen molar-refractivity contribution in [3.05, 3.63) is 54.5 Å². The lowest BCUT2D eigenvalue weighted by molar-refractivity contribution is -0.0501. The Hall–Kier alpha value is -2.37. The van der Waals surface area contributed by atoms with Gasteiger partial charge >= 0.3 is 7.82 Å². The SMILES string of the molecule is O=P(O)(O)OC[C@H]1O[C@@H](n2ccc3c(NCc4ccccc4)ncnc32)[C@H](O)[C@@H]1O. The molecule has 11 nitrogen and oxygen atoms in total. The molecule has 4 rings (SSSR count). The van der Waals surface area contributed by atoms with E-state index in [2.05, 4.69) is 19.8 Å². The summed E-state index contributed by atoms with van der Waals surface area (Å²) in [4.78, 5) is 26.2. The first-order valence-corrected chi connectivity index (χ1v) is 10.7. The molecule has 1 saturated heterocycles. The van der Waals surface area contributed by atoms with E-state index in [1.807, 2.05) is 30.3 Å². The first-order chi connectivity index (χ1) is 14.3. The first kappa shape index (κ1) is 20.9. The van der Waals surface area contributed by atoms with Crippen LogP contribution in [0, 0.1) is 0 Å². The lowest BCUT2D eigenvalue weighted by Crippen LogP contribution is -2.33. The van der Waals surface area contributed by atoms with Gasteiger partial charge in [-0.2, -0.15) is 0 Å². The van der Waals surface area contributed by atoms with E-state index in [-0.39, 0.29) is 0 Å². The van der Waals surface area contributed by atoms with E-state index in [0.29, 0.717) is 23.4 Å². The predicted molar refractivity (Wildman–Crippen MR) is 105 cm³/mol. The molecular weight excluding hydrogens is 415 g/mol. The van der Waals surface area contributed by atoms with Gasteiger partial charge in [0.15, 0.2) is 6.23 Å². The molecule has 5 N–H and O–H groups in total. The van der Waals surface area contributed by atoms with Gasteiger partial charge in [0.1, 0.15) is 36.1 Å².